The molecule has 7 N–H and O–H groups in total. The van der Waals surface area contributed by atoms with Crippen LogP contribution in [0.15, 0.2) is 89.4 Å². The van der Waals surface area contributed by atoms with Gasteiger partial charge in [0.25, 0.3) is 10.1 Å². The van der Waals surface area contributed by atoms with Crippen LogP contribution in [0.3, 0.4) is 0 Å². The molecule has 6 aliphatic rings. The molecular formula is C34H37N3O6S. The maximum Gasteiger partial charge on any atom is 0.268 e. The van der Waals surface area contributed by atoms with Gasteiger partial charge in [0.05, 0.1) is 5.25 Å². The van der Waals surface area contributed by atoms with E-state index in [1.54, 1.807) is 12.1 Å². The van der Waals surface area contributed by atoms with Gasteiger partial charge in [0.2, 0.25) is 6.23 Å². The molecule has 0 radical (unpaired) electrons. The quantitative estimate of drug-likeness (QED) is 0.111. The number of aliphatic imine (C=N–C) groups is 1. The Bertz CT molecular complexity index is 1730. The first-order valence-electron chi connectivity index (χ1n) is 14.8. The number of aliphatic hydroxyl groups is 1. The Hall–Kier alpha value is -4.12. The van der Waals surface area contributed by atoms with Crippen LogP contribution < -0.4 is 16.2 Å². The Morgan fingerprint density at radius 1 is 1.05 bits per heavy atom. The number of allylic oxidation sites excluding steroid dienone is 2. The molecule has 9 rings (SSSR count). The van der Waals surface area contributed by atoms with Crippen molar-refractivity contribution in [3.05, 3.63) is 112 Å². The number of nitrogens with two attached hydrogens (primary N) is 2. The third-order valence-corrected chi connectivity index (χ3v) is 10.6. The summed E-state index contributed by atoms with van der Waals surface area (Å²) in [5, 5.41) is 20.1. The van der Waals surface area contributed by atoms with Crippen LogP contribution in [-0.4, -0.2) is 34.4 Å². The van der Waals surface area contributed by atoms with Crippen molar-refractivity contribution in [2.45, 2.75) is 55.6 Å². The molecule has 4 heterocycles. The first-order valence-corrected chi connectivity index (χ1v) is 16.3. The predicted molar refractivity (Wildman–Crippen MR) is 170 cm³/mol. The SMILES string of the molecule is CC[C@H]1C[C@@H](S(=O)(=O)O)[C@H]2C=C([C@@H](O)c3ccc(O)cc3)C[C@@H]3C=Cc4cc(ccc4[C@@H]23)[C@@H](N=C(N)N)Oc2ccc1cc2. The molecule has 3 aromatic carbocycles. The Labute approximate surface area is 257 Å². The average Bonchev–Trinajstić information content (AvgIpc) is 3.00. The van der Waals surface area contributed by atoms with E-state index in [1.165, 1.54) is 12.1 Å². The molecule has 0 amide bonds. The minimum Gasteiger partial charge on any atom is -0.508 e. The summed E-state index contributed by atoms with van der Waals surface area (Å²) in [6, 6.07) is 19.6. The number of guanidine groups is 1. The van der Waals surface area contributed by atoms with Gasteiger partial charge in [-0.2, -0.15) is 8.42 Å². The molecule has 10 heteroatoms. The summed E-state index contributed by atoms with van der Waals surface area (Å²) in [5.74, 6) is -0.691. The average molecular weight is 616 g/mol. The number of benzene rings is 3. The topological polar surface area (TPSA) is 168 Å². The van der Waals surface area contributed by atoms with E-state index in [2.05, 4.69) is 11.1 Å². The fourth-order valence-corrected chi connectivity index (χ4v) is 8.23. The standard InChI is InChI=1S/C34H37N3O6S/c1-2-19-18-30(44(40,41)42)29-17-25(32(39)21-5-10-26(38)11-6-21)16-23-4-3-22-15-24(9-14-28(22)31(23)29)33(37-34(35)36)43-27-12-7-20(19)8-13-27/h3-15,17,19,23,29-33,38-39H,2,16,18H2,1H3,(H4,35,36,37)(H,40,41,42)/t19-,23-,29+,30+,31-,32-,33-/m0/s1. The molecule has 0 saturated carbocycles. The van der Waals surface area contributed by atoms with Crippen molar-refractivity contribution in [2.24, 2.45) is 28.3 Å². The van der Waals surface area contributed by atoms with E-state index >= 15 is 0 Å². The van der Waals surface area contributed by atoms with Gasteiger partial charge in [-0.1, -0.05) is 61.5 Å². The highest BCUT2D eigenvalue weighted by Gasteiger charge is 2.45. The number of phenolic OH excluding ortho intramolecular Hbond substituents is 1. The molecule has 0 unspecified atom stereocenters. The van der Waals surface area contributed by atoms with Crippen molar-refractivity contribution in [3.63, 3.8) is 0 Å². The lowest BCUT2D eigenvalue weighted by Crippen LogP contribution is -2.39. The summed E-state index contributed by atoms with van der Waals surface area (Å²) in [6.45, 7) is 2.00. The van der Waals surface area contributed by atoms with Crippen LogP contribution in [0.1, 0.15) is 78.2 Å². The van der Waals surface area contributed by atoms with Gasteiger partial charge < -0.3 is 26.4 Å². The van der Waals surface area contributed by atoms with E-state index in [4.69, 9.17) is 16.2 Å². The molecular weight excluding hydrogens is 578 g/mol. The summed E-state index contributed by atoms with van der Waals surface area (Å²) in [5.41, 5.74) is 16.3. The van der Waals surface area contributed by atoms with Gasteiger partial charge in [0.1, 0.15) is 17.6 Å². The number of rotatable bonds is 5. The van der Waals surface area contributed by atoms with Crippen molar-refractivity contribution in [2.75, 3.05) is 0 Å². The van der Waals surface area contributed by atoms with E-state index in [0.29, 0.717) is 29.7 Å². The fourth-order valence-electron chi connectivity index (χ4n) is 7.11. The molecule has 9 nitrogen and oxygen atoms in total. The number of hydrogen-bond donors (Lipinski definition) is 5. The highest BCUT2D eigenvalue weighted by molar-refractivity contribution is 7.86. The maximum absolute atomic E-state index is 13.3. The van der Waals surface area contributed by atoms with E-state index in [1.807, 2.05) is 61.5 Å². The summed E-state index contributed by atoms with van der Waals surface area (Å²) in [6.07, 6.45) is 5.47. The summed E-state index contributed by atoms with van der Waals surface area (Å²) in [7, 11) is -4.53. The van der Waals surface area contributed by atoms with Gasteiger partial charge in [-0.3, -0.25) is 4.55 Å². The van der Waals surface area contributed by atoms with Crippen molar-refractivity contribution in [3.8, 4) is 11.5 Å². The van der Waals surface area contributed by atoms with Crippen LogP contribution in [0.4, 0.5) is 0 Å². The maximum atomic E-state index is 13.3. The number of aliphatic hydroxyl groups excluding tert-OH is 1. The summed E-state index contributed by atoms with van der Waals surface area (Å²) < 4.78 is 43.7. The molecule has 0 spiro atoms. The van der Waals surface area contributed by atoms with Gasteiger partial charge in [0, 0.05) is 11.5 Å². The molecule has 230 valence electrons. The second kappa shape index (κ2) is 11.8. The largest absolute Gasteiger partial charge is 0.508 e. The second-order valence-electron chi connectivity index (χ2n) is 11.9. The van der Waals surface area contributed by atoms with Crippen LogP contribution in [0.25, 0.3) is 6.08 Å². The van der Waals surface area contributed by atoms with Crippen LogP contribution >= 0.6 is 0 Å². The number of phenols is 1. The van der Waals surface area contributed by atoms with Crippen LogP contribution in [-0.2, 0) is 10.1 Å². The van der Waals surface area contributed by atoms with Crippen molar-refractivity contribution in [1.29, 1.82) is 0 Å². The van der Waals surface area contributed by atoms with E-state index in [0.717, 1.165) is 22.3 Å². The lowest BCUT2D eigenvalue weighted by atomic mass is 9.64. The predicted octanol–water partition coefficient (Wildman–Crippen LogP) is 5.30. The summed E-state index contributed by atoms with van der Waals surface area (Å²) >= 11 is 0. The number of hydrogen-bond acceptors (Lipinski definition) is 6. The fraction of sp³-hybridized carbons (Fsp3) is 0.324. The normalized spacial score (nSPS) is 26.6. The lowest BCUT2D eigenvalue weighted by Gasteiger charge is -2.43. The Balaban J connectivity index is 1.55. The van der Waals surface area contributed by atoms with Crippen molar-refractivity contribution >= 4 is 22.2 Å². The molecule has 7 atom stereocenters. The van der Waals surface area contributed by atoms with Crippen molar-refractivity contribution < 1.29 is 27.9 Å². The zero-order valence-corrected chi connectivity index (χ0v) is 25.1. The molecule has 4 aliphatic heterocycles. The minimum atomic E-state index is -4.53. The number of ether oxygens (including phenoxy) is 1. The molecule has 0 aromatic heterocycles. The first kappa shape index (κ1) is 29.9. The summed E-state index contributed by atoms with van der Waals surface area (Å²) in [4.78, 5) is 4.34. The highest BCUT2D eigenvalue weighted by atomic mass is 32.2. The molecule has 0 saturated heterocycles. The zero-order chi connectivity index (χ0) is 31.2. The van der Waals surface area contributed by atoms with Gasteiger partial charge in [-0.25, -0.2) is 4.99 Å². The first-order chi connectivity index (χ1) is 21.0. The third-order valence-electron chi connectivity index (χ3n) is 9.28. The Morgan fingerprint density at radius 2 is 1.75 bits per heavy atom. The Morgan fingerprint density at radius 3 is 2.41 bits per heavy atom. The van der Waals surface area contributed by atoms with Crippen LogP contribution in [0, 0.1) is 11.8 Å². The third kappa shape index (κ3) is 5.85. The molecule has 6 bridgehead atoms. The molecule has 0 fully saturated rings. The number of aromatic hydroxyl groups is 1. The lowest BCUT2D eigenvalue weighted by molar-refractivity contribution is 0.195. The number of nitrogens with zero attached hydrogens (tertiary/aromatic N) is 1. The molecule has 3 aromatic rings. The second-order valence-corrected chi connectivity index (χ2v) is 13.6. The van der Waals surface area contributed by atoms with Gasteiger partial charge in [0.15, 0.2) is 5.96 Å². The smallest absolute Gasteiger partial charge is 0.268 e. The van der Waals surface area contributed by atoms with E-state index < -0.39 is 33.6 Å². The van der Waals surface area contributed by atoms with Crippen LogP contribution in [0.5, 0.6) is 11.5 Å². The zero-order valence-electron chi connectivity index (χ0n) is 24.3. The minimum absolute atomic E-state index is 0.0872. The van der Waals surface area contributed by atoms with Gasteiger partial charge >= 0.3 is 0 Å². The Kier molecular flexibility index (Phi) is 8.00. The van der Waals surface area contributed by atoms with E-state index in [-0.39, 0.29) is 35.9 Å². The monoisotopic (exact) mass is 615 g/mol. The highest BCUT2D eigenvalue weighted by Crippen LogP contribution is 2.52. The van der Waals surface area contributed by atoms with Gasteiger partial charge in [-0.05, 0) is 95.2 Å². The van der Waals surface area contributed by atoms with Crippen LogP contribution in [0.2, 0.25) is 0 Å². The van der Waals surface area contributed by atoms with E-state index in [9.17, 15) is 23.2 Å². The molecule has 2 aliphatic carbocycles. The van der Waals surface area contributed by atoms with Gasteiger partial charge in [-0.15, -0.1) is 0 Å². The molecule has 44 heavy (non-hydrogen) atoms. The van der Waals surface area contributed by atoms with Crippen molar-refractivity contribution in [1.82, 2.24) is 0 Å².